The van der Waals surface area contributed by atoms with Gasteiger partial charge in [0.05, 0.1) is 10.6 Å². The second-order valence-corrected chi connectivity index (χ2v) is 3.96. The molecule has 0 saturated heterocycles. The monoisotopic (exact) mass is 273 g/mol. The van der Waals surface area contributed by atoms with Gasteiger partial charge in [0.25, 0.3) is 5.69 Å². The largest absolute Gasteiger partial charge is 0.372 e. The molecule has 82 valence electrons. The lowest BCUT2D eigenvalue weighted by molar-refractivity contribution is -0.384. The van der Waals surface area contributed by atoms with Crippen molar-refractivity contribution in [3.05, 3.63) is 32.8 Å². The average molecular weight is 274 g/mol. The molecule has 5 nitrogen and oxygen atoms in total. The number of nitro groups is 1. The van der Waals surface area contributed by atoms with Gasteiger partial charge in [-0.15, -0.1) is 0 Å². The molecule has 0 spiro atoms. The maximum atomic E-state index is 10.5. The molecule has 0 radical (unpaired) electrons. The second-order valence-electron chi connectivity index (χ2n) is 3.10. The van der Waals surface area contributed by atoms with Crippen LogP contribution in [-0.4, -0.2) is 25.1 Å². The molecule has 0 amide bonds. The number of benzene rings is 1. The van der Waals surface area contributed by atoms with Crippen LogP contribution in [0, 0.1) is 10.1 Å². The fourth-order valence-corrected chi connectivity index (χ4v) is 1.90. The van der Waals surface area contributed by atoms with Crippen LogP contribution in [0.3, 0.4) is 0 Å². The van der Waals surface area contributed by atoms with E-state index in [1.807, 2.05) is 11.9 Å². The van der Waals surface area contributed by atoms with Crippen LogP contribution in [0.5, 0.6) is 0 Å². The number of rotatable bonds is 4. The summed E-state index contributed by atoms with van der Waals surface area (Å²) in [7, 11) is 1.89. The van der Waals surface area contributed by atoms with Crippen LogP contribution in [0.25, 0.3) is 0 Å². The summed E-state index contributed by atoms with van der Waals surface area (Å²) < 4.78 is 0.702. The minimum atomic E-state index is -0.419. The molecule has 0 heterocycles. The van der Waals surface area contributed by atoms with E-state index in [9.17, 15) is 10.1 Å². The highest BCUT2D eigenvalue weighted by Gasteiger charge is 2.11. The van der Waals surface area contributed by atoms with Crippen molar-refractivity contribution >= 4 is 27.3 Å². The zero-order valence-electron chi connectivity index (χ0n) is 8.31. The van der Waals surface area contributed by atoms with E-state index in [1.165, 1.54) is 12.1 Å². The lowest BCUT2D eigenvalue weighted by Crippen LogP contribution is -2.25. The average Bonchev–Trinajstić information content (AvgIpc) is 2.17. The first-order chi connectivity index (χ1) is 7.06. The lowest BCUT2D eigenvalue weighted by atomic mass is 10.2. The number of nitro benzene ring substituents is 1. The SMILES string of the molecule is CN(CCN)c1ccc([N+](=O)[O-])cc1Br. The molecule has 1 rings (SSSR count). The second kappa shape index (κ2) is 5.09. The van der Waals surface area contributed by atoms with Crippen LogP contribution in [0.1, 0.15) is 0 Å². The van der Waals surface area contributed by atoms with Gasteiger partial charge in [-0.25, -0.2) is 0 Å². The normalized spacial score (nSPS) is 10.1. The number of hydrogen-bond acceptors (Lipinski definition) is 4. The summed E-state index contributed by atoms with van der Waals surface area (Å²) in [5.41, 5.74) is 6.40. The number of non-ortho nitro benzene ring substituents is 1. The molecule has 0 aromatic heterocycles. The van der Waals surface area contributed by atoms with Crippen molar-refractivity contribution in [3.63, 3.8) is 0 Å². The summed E-state index contributed by atoms with van der Waals surface area (Å²) >= 11 is 3.30. The highest BCUT2D eigenvalue weighted by molar-refractivity contribution is 9.10. The summed E-state index contributed by atoms with van der Waals surface area (Å²) in [6.07, 6.45) is 0. The predicted octanol–water partition coefficient (Wildman–Crippen LogP) is 1.75. The number of halogens is 1. The molecule has 0 bridgehead atoms. The molecule has 0 aliphatic rings. The Kier molecular flexibility index (Phi) is 4.05. The van der Waals surface area contributed by atoms with Gasteiger partial charge in [-0.2, -0.15) is 0 Å². The Morgan fingerprint density at radius 2 is 2.27 bits per heavy atom. The van der Waals surface area contributed by atoms with E-state index in [4.69, 9.17) is 5.73 Å². The maximum absolute atomic E-state index is 10.5. The van der Waals surface area contributed by atoms with E-state index >= 15 is 0 Å². The molecule has 1 aromatic rings. The Morgan fingerprint density at radius 1 is 1.60 bits per heavy atom. The van der Waals surface area contributed by atoms with E-state index in [-0.39, 0.29) is 5.69 Å². The van der Waals surface area contributed by atoms with Crippen molar-refractivity contribution in [3.8, 4) is 0 Å². The quantitative estimate of drug-likeness (QED) is 0.670. The smallest absolute Gasteiger partial charge is 0.270 e. The summed E-state index contributed by atoms with van der Waals surface area (Å²) in [6, 6.07) is 4.67. The Bertz CT molecular complexity index is 370. The minimum Gasteiger partial charge on any atom is -0.372 e. The van der Waals surface area contributed by atoms with Crippen LogP contribution >= 0.6 is 15.9 Å². The van der Waals surface area contributed by atoms with Crippen molar-refractivity contribution in [2.24, 2.45) is 5.73 Å². The Balaban J connectivity index is 2.97. The zero-order chi connectivity index (χ0) is 11.4. The highest BCUT2D eigenvalue weighted by Crippen LogP contribution is 2.29. The molecular formula is C9H12BrN3O2. The van der Waals surface area contributed by atoms with Crippen LogP contribution in [0.15, 0.2) is 22.7 Å². The minimum absolute atomic E-state index is 0.0757. The van der Waals surface area contributed by atoms with Crippen molar-refractivity contribution in [2.75, 3.05) is 25.0 Å². The zero-order valence-corrected chi connectivity index (χ0v) is 9.90. The summed E-state index contributed by atoms with van der Waals surface area (Å²) in [6.45, 7) is 1.25. The van der Waals surface area contributed by atoms with Gasteiger partial charge in [0.15, 0.2) is 0 Å². The number of nitrogens with zero attached hydrogens (tertiary/aromatic N) is 2. The first-order valence-electron chi connectivity index (χ1n) is 4.41. The van der Waals surface area contributed by atoms with Gasteiger partial charge in [0.2, 0.25) is 0 Å². The molecule has 2 N–H and O–H groups in total. The molecule has 6 heteroatoms. The molecule has 0 fully saturated rings. The summed E-state index contributed by atoms with van der Waals surface area (Å²) in [5.74, 6) is 0. The molecule has 1 aromatic carbocycles. The van der Waals surface area contributed by atoms with Gasteiger partial charge in [-0.3, -0.25) is 10.1 Å². The number of anilines is 1. The van der Waals surface area contributed by atoms with Gasteiger partial charge < -0.3 is 10.6 Å². The van der Waals surface area contributed by atoms with E-state index in [0.717, 1.165) is 5.69 Å². The topological polar surface area (TPSA) is 72.4 Å². The van der Waals surface area contributed by atoms with Gasteiger partial charge in [-0.05, 0) is 22.0 Å². The van der Waals surface area contributed by atoms with Crippen molar-refractivity contribution in [2.45, 2.75) is 0 Å². The van der Waals surface area contributed by atoms with Crippen molar-refractivity contribution in [1.82, 2.24) is 0 Å². The van der Waals surface area contributed by atoms with E-state index in [1.54, 1.807) is 6.07 Å². The third-order valence-electron chi connectivity index (χ3n) is 2.02. The predicted molar refractivity (Wildman–Crippen MR) is 63.1 cm³/mol. The van der Waals surface area contributed by atoms with Crippen LogP contribution < -0.4 is 10.6 Å². The van der Waals surface area contributed by atoms with Crippen molar-refractivity contribution < 1.29 is 4.92 Å². The van der Waals surface area contributed by atoms with E-state index < -0.39 is 4.92 Å². The van der Waals surface area contributed by atoms with Gasteiger partial charge in [0, 0.05) is 36.7 Å². The summed E-state index contributed by atoms with van der Waals surface area (Å²) in [5, 5.41) is 10.5. The molecule has 0 saturated carbocycles. The number of nitrogens with two attached hydrogens (primary N) is 1. The molecular weight excluding hydrogens is 262 g/mol. The first-order valence-corrected chi connectivity index (χ1v) is 5.20. The molecule has 0 aliphatic carbocycles. The van der Waals surface area contributed by atoms with Crippen molar-refractivity contribution in [1.29, 1.82) is 0 Å². The fourth-order valence-electron chi connectivity index (χ4n) is 1.23. The third kappa shape index (κ3) is 2.90. The first kappa shape index (κ1) is 11.9. The third-order valence-corrected chi connectivity index (χ3v) is 2.65. The van der Waals surface area contributed by atoms with E-state index in [2.05, 4.69) is 15.9 Å². The molecule has 0 aliphatic heterocycles. The number of hydrogen-bond donors (Lipinski definition) is 1. The Hall–Kier alpha value is -1.14. The standard InChI is InChI=1S/C9H12BrN3O2/c1-12(5-4-11)9-3-2-7(13(14)15)6-8(9)10/h2-3,6H,4-5,11H2,1H3. The Labute approximate surface area is 96.1 Å². The van der Waals surface area contributed by atoms with Gasteiger partial charge in [0.1, 0.15) is 0 Å². The molecule has 0 unspecified atom stereocenters. The number of likely N-dealkylation sites (N-methyl/N-ethyl adjacent to an activating group) is 1. The fraction of sp³-hybridized carbons (Fsp3) is 0.333. The molecule has 15 heavy (non-hydrogen) atoms. The maximum Gasteiger partial charge on any atom is 0.270 e. The van der Waals surface area contributed by atoms with E-state index in [0.29, 0.717) is 17.6 Å². The van der Waals surface area contributed by atoms with Crippen LogP contribution in [0.4, 0.5) is 11.4 Å². The molecule has 0 atom stereocenters. The van der Waals surface area contributed by atoms with Crippen LogP contribution in [0.2, 0.25) is 0 Å². The Morgan fingerprint density at radius 3 is 2.73 bits per heavy atom. The van der Waals surface area contributed by atoms with Crippen LogP contribution in [-0.2, 0) is 0 Å². The highest BCUT2D eigenvalue weighted by atomic mass is 79.9. The van der Waals surface area contributed by atoms with Gasteiger partial charge in [-0.1, -0.05) is 0 Å². The lowest BCUT2D eigenvalue weighted by Gasteiger charge is -2.19. The summed E-state index contributed by atoms with van der Waals surface area (Å²) in [4.78, 5) is 12.0. The van der Waals surface area contributed by atoms with Gasteiger partial charge >= 0.3 is 0 Å².